The predicted octanol–water partition coefficient (Wildman–Crippen LogP) is 4.08. The summed E-state index contributed by atoms with van der Waals surface area (Å²) in [6.45, 7) is 5.40. The summed E-state index contributed by atoms with van der Waals surface area (Å²) >= 11 is 1.48. The Morgan fingerprint density at radius 3 is 2.71 bits per heavy atom. The van der Waals surface area contributed by atoms with Crippen molar-refractivity contribution < 1.29 is 17.9 Å². The lowest BCUT2D eigenvalue weighted by Gasteiger charge is -2.17. The van der Waals surface area contributed by atoms with Gasteiger partial charge in [0.05, 0.1) is 11.7 Å². The van der Waals surface area contributed by atoms with Crippen molar-refractivity contribution in [3.05, 3.63) is 29.3 Å². The standard InChI is InChI=1S/C15H20F3NOS/c1-3-19-9-11-4-5-12(8-13(11)15(16,17)18)21-14-6-7-20-10(14)2/h4-5,8,10,14,19H,3,6-7,9H2,1-2H3. The van der Waals surface area contributed by atoms with Gasteiger partial charge < -0.3 is 10.1 Å². The molecule has 1 aliphatic heterocycles. The van der Waals surface area contributed by atoms with E-state index >= 15 is 0 Å². The molecule has 0 aromatic heterocycles. The fourth-order valence-corrected chi connectivity index (χ4v) is 3.51. The number of benzene rings is 1. The maximum atomic E-state index is 13.2. The van der Waals surface area contributed by atoms with Gasteiger partial charge in [0.1, 0.15) is 0 Å². The van der Waals surface area contributed by atoms with Gasteiger partial charge in [0.15, 0.2) is 0 Å². The van der Waals surface area contributed by atoms with Crippen LogP contribution >= 0.6 is 11.8 Å². The summed E-state index contributed by atoms with van der Waals surface area (Å²) in [5, 5.41) is 3.18. The number of hydrogen-bond donors (Lipinski definition) is 1. The van der Waals surface area contributed by atoms with Crippen molar-refractivity contribution in [2.24, 2.45) is 0 Å². The van der Waals surface area contributed by atoms with Gasteiger partial charge >= 0.3 is 6.18 Å². The highest BCUT2D eigenvalue weighted by Crippen LogP contribution is 2.38. The number of halogens is 3. The molecule has 2 atom stereocenters. The average Bonchev–Trinajstić information content (AvgIpc) is 2.82. The molecule has 1 heterocycles. The van der Waals surface area contributed by atoms with Crippen LogP contribution < -0.4 is 5.32 Å². The van der Waals surface area contributed by atoms with Crippen molar-refractivity contribution >= 4 is 11.8 Å². The van der Waals surface area contributed by atoms with E-state index in [1.165, 1.54) is 17.8 Å². The van der Waals surface area contributed by atoms with E-state index in [0.29, 0.717) is 23.6 Å². The summed E-state index contributed by atoms with van der Waals surface area (Å²) in [5.41, 5.74) is -0.246. The molecule has 1 fully saturated rings. The molecule has 21 heavy (non-hydrogen) atoms. The number of rotatable bonds is 5. The lowest BCUT2D eigenvalue weighted by Crippen LogP contribution is -2.17. The zero-order valence-corrected chi connectivity index (χ0v) is 13.0. The van der Waals surface area contributed by atoms with Crippen LogP contribution in [0.15, 0.2) is 23.1 Å². The van der Waals surface area contributed by atoms with Gasteiger partial charge in [0.25, 0.3) is 0 Å². The van der Waals surface area contributed by atoms with E-state index in [9.17, 15) is 13.2 Å². The zero-order chi connectivity index (χ0) is 15.5. The van der Waals surface area contributed by atoms with Gasteiger partial charge in [-0.3, -0.25) is 0 Å². The van der Waals surface area contributed by atoms with Crippen molar-refractivity contribution in [3.8, 4) is 0 Å². The molecule has 0 amide bonds. The van der Waals surface area contributed by atoms with E-state index in [1.54, 1.807) is 12.1 Å². The molecule has 0 bridgehead atoms. The molecule has 1 N–H and O–H groups in total. The smallest absolute Gasteiger partial charge is 0.377 e. The molecule has 6 heteroatoms. The molecule has 1 saturated heterocycles. The Hall–Kier alpha value is -0.720. The minimum Gasteiger partial charge on any atom is -0.377 e. The quantitative estimate of drug-likeness (QED) is 0.883. The fraction of sp³-hybridized carbons (Fsp3) is 0.600. The highest BCUT2D eigenvalue weighted by atomic mass is 32.2. The van der Waals surface area contributed by atoms with E-state index < -0.39 is 11.7 Å². The van der Waals surface area contributed by atoms with E-state index in [-0.39, 0.29) is 17.9 Å². The third-order valence-electron chi connectivity index (χ3n) is 3.55. The Morgan fingerprint density at radius 2 is 2.14 bits per heavy atom. The number of hydrogen-bond acceptors (Lipinski definition) is 3. The van der Waals surface area contributed by atoms with E-state index in [0.717, 1.165) is 6.42 Å². The molecule has 2 rings (SSSR count). The van der Waals surface area contributed by atoms with Crippen LogP contribution in [-0.4, -0.2) is 24.5 Å². The van der Waals surface area contributed by atoms with E-state index in [4.69, 9.17) is 4.74 Å². The molecule has 2 unspecified atom stereocenters. The first-order valence-corrected chi connectivity index (χ1v) is 7.99. The van der Waals surface area contributed by atoms with Crippen LogP contribution in [0.4, 0.5) is 13.2 Å². The SMILES string of the molecule is CCNCc1ccc(SC2CCOC2C)cc1C(F)(F)F. The van der Waals surface area contributed by atoms with Crippen molar-refractivity contribution in [2.75, 3.05) is 13.2 Å². The summed E-state index contributed by atoms with van der Waals surface area (Å²) in [5.74, 6) is 0. The van der Waals surface area contributed by atoms with Gasteiger partial charge in [-0.1, -0.05) is 13.0 Å². The van der Waals surface area contributed by atoms with Crippen LogP contribution in [0.3, 0.4) is 0 Å². The molecular weight excluding hydrogens is 299 g/mol. The van der Waals surface area contributed by atoms with Gasteiger partial charge in [0.2, 0.25) is 0 Å². The first kappa shape index (κ1) is 16.6. The van der Waals surface area contributed by atoms with Crippen LogP contribution in [0.5, 0.6) is 0 Å². The molecule has 0 aliphatic carbocycles. The minimum atomic E-state index is -4.32. The Balaban J connectivity index is 2.20. The van der Waals surface area contributed by atoms with Gasteiger partial charge in [-0.15, -0.1) is 11.8 Å². The summed E-state index contributed by atoms with van der Waals surface area (Å²) in [6.07, 6.45) is -3.35. The number of alkyl halides is 3. The molecule has 1 aromatic carbocycles. The van der Waals surface area contributed by atoms with Gasteiger partial charge in [-0.25, -0.2) is 0 Å². The Bertz CT molecular complexity index is 478. The highest BCUT2D eigenvalue weighted by Gasteiger charge is 2.34. The summed E-state index contributed by atoms with van der Waals surface area (Å²) in [6, 6.07) is 4.62. The maximum Gasteiger partial charge on any atom is 0.416 e. The van der Waals surface area contributed by atoms with Gasteiger partial charge in [-0.2, -0.15) is 13.2 Å². The first-order chi connectivity index (χ1) is 9.91. The second kappa shape index (κ2) is 7.03. The number of nitrogens with one attached hydrogen (secondary N) is 1. The molecule has 2 nitrogen and oxygen atoms in total. The molecule has 1 aromatic rings. The third kappa shape index (κ3) is 4.37. The van der Waals surface area contributed by atoms with Crippen LogP contribution in [0.1, 0.15) is 31.4 Å². The molecule has 0 saturated carbocycles. The molecule has 1 aliphatic rings. The lowest BCUT2D eigenvalue weighted by molar-refractivity contribution is -0.138. The van der Waals surface area contributed by atoms with Crippen LogP contribution in [0.2, 0.25) is 0 Å². The molecular formula is C15H20F3NOS. The largest absolute Gasteiger partial charge is 0.416 e. The topological polar surface area (TPSA) is 21.3 Å². The van der Waals surface area contributed by atoms with Gasteiger partial charge in [-0.05, 0) is 37.6 Å². The van der Waals surface area contributed by atoms with Crippen LogP contribution in [-0.2, 0) is 17.5 Å². The van der Waals surface area contributed by atoms with Crippen molar-refractivity contribution in [1.82, 2.24) is 5.32 Å². The Morgan fingerprint density at radius 1 is 1.38 bits per heavy atom. The van der Waals surface area contributed by atoms with Crippen LogP contribution in [0, 0.1) is 0 Å². The minimum absolute atomic E-state index is 0.0887. The fourth-order valence-electron chi connectivity index (χ4n) is 2.35. The second-order valence-corrected chi connectivity index (χ2v) is 6.43. The van der Waals surface area contributed by atoms with Crippen molar-refractivity contribution in [2.45, 2.75) is 49.2 Å². The normalized spacial score (nSPS) is 22.7. The van der Waals surface area contributed by atoms with Crippen molar-refractivity contribution in [3.63, 3.8) is 0 Å². The third-order valence-corrected chi connectivity index (χ3v) is 4.99. The zero-order valence-electron chi connectivity index (χ0n) is 12.2. The average molecular weight is 319 g/mol. The van der Waals surface area contributed by atoms with Gasteiger partial charge in [0, 0.05) is 23.3 Å². The van der Waals surface area contributed by atoms with Crippen molar-refractivity contribution in [1.29, 1.82) is 0 Å². The summed E-state index contributed by atoms with van der Waals surface area (Å²) < 4.78 is 45.0. The summed E-state index contributed by atoms with van der Waals surface area (Å²) in [7, 11) is 0. The molecule has 118 valence electrons. The number of thioether (sulfide) groups is 1. The molecule has 0 radical (unpaired) electrons. The van der Waals surface area contributed by atoms with E-state index in [1.807, 2.05) is 13.8 Å². The van der Waals surface area contributed by atoms with Crippen LogP contribution in [0.25, 0.3) is 0 Å². The monoisotopic (exact) mass is 319 g/mol. The Labute approximate surface area is 127 Å². The summed E-state index contributed by atoms with van der Waals surface area (Å²) in [4.78, 5) is 0.657. The number of ether oxygens (including phenoxy) is 1. The van der Waals surface area contributed by atoms with E-state index in [2.05, 4.69) is 5.32 Å². The maximum absolute atomic E-state index is 13.2. The first-order valence-electron chi connectivity index (χ1n) is 7.11. The predicted molar refractivity (Wildman–Crippen MR) is 78.5 cm³/mol. The second-order valence-electron chi connectivity index (χ2n) is 5.12. The Kier molecular flexibility index (Phi) is 5.57. The lowest BCUT2D eigenvalue weighted by atomic mass is 10.1. The highest BCUT2D eigenvalue weighted by molar-refractivity contribution is 8.00. The molecule has 0 spiro atoms.